The first-order valence-electron chi connectivity index (χ1n) is 15.3. The molecule has 0 aromatic heterocycles. The third kappa shape index (κ3) is 14.2. The molecule has 4 unspecified atom stereocenters. The van der Waals surface area contributed by atoms with Crippen LogP contribution >= 0.6 is 17.1 Å². The summed E-state index contributed by atoms with van der Waals surface area (Å²) in [7, 11) is 0.975. The number of carbonyl (C=O) groups excluding carboxylic acids is 4. The van der Waals surface area contributed by atoms with E-state index in [0.29, 0.717) is 0 Å². The Balaban J connectivity index is 1.67. The van der Waals surface area contributed by atoms with Crippen LogP contribution < -0.4 is 40.6 Å². The topological polar surface area (TPSA) is 203 Å². The van der Waals surface area contributed by atoms with Crippen LogP contribution in [0.15, 0.2) is 18.2 Å². The molecule has 15 nitrogen and oxygen atoms in total. The summed E-state index contributed by atoms with van der Waals surface area (Å²) in [6.07, 6.45) is 8.94. The molecule has 1 aliphatic rings. The predicted molar refractivity (Wildman–Crippen MR) is 175 cm³/mol. The third-order valence-electron chi connectivity index (χ3n) is 7.31. The van der Waals surface area contributed by atoms with E-state index in [1.54, 1.807) is 6.07 Å². The van der Waals surface area contributed by atoms with E-state index in [-0.39, 0.29) is 48.1 Å². The lowest BCUT2D eigenvalue weighted by molar-refractivity contribution is -0.132. The zero-order chi connectivity index (χ0) is 34.2. The fraction of sp³-hybridized carbons (Fsp3) is 0.655. The molecule has 1 aliphatic carbocycles. The lowest BCUT2D eigenvalue weighted by Gasteiger charge is -2.30. The molecule has 0 bridgehead atoms. The number of phosphoric ester groups is 1. The Bertz CT molecular complexity index is 1190. The summed E-state index contributed by atoms with van der Waals surface area (Å²) in [6, 6.07) is 2.76. The van der Waals surface area contributed by atoms with Gasteiger partial charge in [-0.15, -0.1) is 9.24 Å². The van der Waals surface area contributed by atoms with Crippen molar-refractivity contribution in [2.75, 3.05) is 40.5 Å². The van der Waals surface area contributed by atoms with Crippen LogP contribution in [0, 0.1) is 0 Å². The predicted octanol–water partition coefficient (Wildman–Crippen LogP) is 1.74. The SMILES string of the molecule is COc1cccc(OC)c1OP(=O)(O)OCCNC(=O)CNC(=O)C(C)NC(=O)C(C)NC(=O)CNC1(P)CCCCCCCC1. The summed E-state index contributed by atoms with van der Waals surface area (Å²) in [5.41, 5.74) is 0. The summed E-state index contributed by atoms with van der Waals surface area (Å²) < 4.78 is 32.6. The average molecular weight is 690 g/mol. The van der Waals surface area contributed by atoms with Crippen LogP contribution in [0.5, 0.6) is 17.2 Å². The molecule has 1 fully saturated rings. The minimum Gasteiger partial charge on any atom is -0.493 e. The number of para-hydroxylation sites is 1. The van der Waals surface area contributed by atoms with Gasteiger partial charge >= 0.3 is 7.82 Å². The molecule has 1 saturated carbocycles. The molecule has 6 N–H and O–H groups in total. The standard InChI is InChI=1S/C29H49N5O10P2/c1-20(34-28(38)21(2)33-25(36)19-32-29(45)14-9-7-5-6-8-10-15-29)27(37)31-18-24(35)30-16-17-43-46(39,40)44-26-22(41-3)12-11-13-23(26)42-4/h11-13,20-21,32H,5-10,14-19,45H2,1-4H3,(H,30,35)(H,31,37)(H,33,36)(H,34,38)(H,39,40). The quantitative estimate of drug-likeness (QED) is 0.103. The molecular weight excluding hydrogens is 640 g/mol. The van der Waals surface area contributed by atoms with Crippen molar-refractivity contribution in [3.63, 3.8) is 0 Å². The van der Waals surface area contributed by atoms with Gasteiger partial charge in [-0.3, -0.25) is 33.9 Å². The fourth-order valence-corrected chi connectivity index (χ4v) is 5.99. The second-order valence-corrected chi connectivity index (χ2v) is 13.6. The Kier molecular flexibility index (Phi) is 16.7. The molecule has 260 valence electrons. The minimum atomic E-state index is -4.60. The highest BCUT2D eigenvalue weighted by atomic mass is 31.2. The molecule has 0 heterocycles. The molecule has 0 aliphatic heterocycles. The molecule has 1 aromatic rings. The normalized spacial score (nSPS) is 17.3. The maximum Gasteiger partial charge on any atom is 0.527 e. The molecule has 1 aromatic carbocycles. The first-order chi connectivity index (χ1) is 21.8. The number of ether oxygens (including phenoxy) is 2. The highest BCUT2D eigenvalue weighted by Crippen LogP contribution is 2.50. The van der Waals surface area contributed by atoms with Crippen LogP contribution in [0.3, 0.4) is 0 Å². The maximum absolute atomic E-state index is 12.6. The van der Waals surface area contributed by atoms with Gasteiger partial charge in [0.1, 0.15) is 12.1 Å². The van der Waals surface area contributed by atoms with Crippen molar-refractivity contribution in [2.45, 2.75) is 82.6 Å². The van der Waals surface area contributed by atoms with Gasteiger partial charge in [0.15, 0.2) is 11.5 Å². The molecule has 2 rings (SSSR count). The number of phosphoric acid groups is 1. The van der Waals surface area contributed by atoms with Gasteiger partial charge in [0, 0.05) is 11.8 Å². The van der Waals surface area contributed by atoms with E-state index in [1.807, 2.05) is 0 Å². The number of methoxy groups -OCH3 is 2. The van der Waals surface area contributed by atoms with Crippen molar-refractivity contribution in [3.05, 3.63) is 18.2 Å². The summed E-state index contributed by atoms with van der Waals surface area (Å²) >= 11 is 0. The number of nitrogens with one attached hydrogen (secondary N) is 5. The Morgan fingerprint density at radius 1 is 0.870 bits per heavy atom. The summed E-state index contributed by atoms with van der Waals surface area (Å²) in [4.78, 5) is 59.7. The van der Waals surface area contributed by atoms with Crippen molar-refractivity contribution in [2.24, 2.45) is 0 Å². The van der Waals surface area contributed by atoms with E-state index in [2.05, 4.69) is 35.8 Å². The van der Waals surface area contributed by atoms with Gasteiger partial charge in [-0.1, -0.05) is 44.6 Å². The Hall–Kier alpha value is -2.96. The van der Waals surface area contributed by atoms with Gasteiger partial charge in [-0.2, -0.15) is 0 Å². The number of hydrogen-bond acceptors (Lipinski definition) is 10. The highest BCUT2D eigenvalue weighted by molar-refractivity contribution is 7.47. The van der Waals surface area contributed by atoms with Crippen molar-refractivity contribution in [1.29, 1.82) is 0 Å². The van der Waals surface area contributed by atoms with E-state index < -0.39 is 44.2 Å². The molecule has 46 heavy (non-hydrogen) atoms. The van der Waals surface area contributed by atoms with Gasteiger partial charge in [0.25, 0.3) is 0 Å². The second kappa shape index (κ2) is 19.6. The van der Waals surface area contributed by atoms with Gasteiger partial charge in [-0.25, -0.2) is 4.57 Å². The fourth-order valence-electron chi connectivity index (χ4n) is 4.69. The first kappa shape index (κ1) is 39.2. The number of benzene rings is 1. The Labute approximate surface area is 272 Å². The second-order valence-electron chi connectivity index (χ2n) is 11.1. The molecular formula is C29H49N5O10P2. The lowest BCUT2D eigenvalue weighted by atomic mass is 10.0. The Morgan fingerprint density at radius 2 is 1.43 bits per heavy atom. The van der Waals surface area contributed by atoms with Crippen LogP contribution in [0.1, 0.15) is 65.2 Å². The molecule has 0 radical (unpaired) electrons. The van der Waals surface area contributed by atoms with Crippen molar-refractivity contribution < 1.29 is 47.2 Å². The molecule has 4 atom stereocenters. The monoisotopic (exact) mass is 689 g/mol. The van der Waals surface area contributed by atoms with Crippen molar-refractivity contribution >= 4 is 40.7 Å². The van der Waals surface area contributed by atoms with E-state index in [4.69, 9.17) is 18.5 Å². The van der Waals surface area contributed by atoms with Gasteiger partial charge in [0.05, 0.1) is 33.9 Å². The lowest BCUT2D eigenvalue weighted by Crippen LogP contribution is -2.54. The van der Waals surface area contributed by atoms with Crippen LogP contribution in [0.25, 0.3) is 0 Å². The van der Waals surface area contributed by atoms with Crippen LogP contribution in [0.4, 0.5) is 0 Å². The summed E-state index contributed by atoms with van der Waals surface area (Å²) in [6.45, 7) is 2.07. The zero-order valence-electron chi connectivity index (χ0n) is 27.0. The summed E-state index contributed by atoms with van der Waals surface area (Å²) in [5, 5.41) is 13.1. The molecule has 17 heteroatoms. The van der Waals surface area contributed by atoms with E-state index in [0.717, 1.165) is 25.7 Å². The van der Waals surface area contributed by atoms with Crippen molar-refractivity contribution in [1.82, 2.24) is 26.6 Å². The molecule has 0 spiro atoms. The van der Waals surface area contributed by atoms with Crippen LogP contribution in [0.2, 0.25) is 0 Å². The number of rotatable bonds is 17. The number of amides is 4. The first-order valence-corrected chi connectivity index (χ1v) is 17.4. The minimum absolute atomic E-state index is 0.0662. The molecule has 0 saturated heterocycles. The third-order valence-corrected chi connectivity index (χ3v) is 9.01. The van der Waals surface area contributed by atoms with E-state index >= 15 is 0 Å². The largest absolute Gasteiger partial charge is 0.527 e. The van der Waals surface area contributed by atoms with Gasteiger partial charge < -0.3 is 35.3 Å². The smallest absolute Gasteiger partial charge is 0.493 e. The highest BCUT2D eigenvalue weighted by Gasteiger charge is 2.28. The number of hydrogen-bond donors (Lipinski definition) is 6. The zero-order valence-corrected chi connectivity index (χ0v) is 29.1. The maximum atomic E-state index is 12.6. The van der Waals surface area contributed by atoms with Gasteiger partial charge in [0.2, 0.25) is 29.4 Å². The van der Waals surface area contributed by atoms with Crippen molar-refractivity contribution in [3.8, 4) is 17.2 Å². The van der Waals surface area contributed by atoms with Crippen LogP contribution in [-0.2, 0) is 28.3 Å². The average Bonchev–Trinajstić information content (AvgIpc) is 3.12. The van der Waals surface area contributed by atoms with Gasteiger partial charge in [-0.05, 0) is 38.8 Å². The van der Waals surface area contributed by atoms with E-state index in [1.165, 1.54) is 65.9 Å². The summed E-state index contributed by atoms with van der Waals surface area (Å²) in [5.74, 6) is -1.91. The Morgan fingerprint density at radius 3 is 2.02 bits per heavy atom. The number of carbonyl (C=O) groups is 4. The molecule has 4 amide bonds. The van der Waals surface area contributed by atoms with Crippen LogP contribution in [-0.4, -0.2) is 86.3 Å². The van der Waals surface area contributed by atoms with E-state index in [9.17, 15) is 28.6 Å².